The Hall–Kier alpha value is -0.290. The molecule has 80 valence electrons. The molecule has 14 heavy (non-hydrogen) atoms. The summed E-state index contributed by atoms with van der Waals surface area (Å²) < 4.78 is 17.6. The Labute approximate surface area is 87.5 Å². The van der Waals surface area contributed by atoms with Crippen molar-refractivity contribution in [1.82, 2.24) is 9.62 Å². The topological polar surface area (TPSA) is 32.3 Å². The van der Waals surface area contributed by atoms with Crippen LogP contribution in [0.5, 0.6) is 0 Å². The molecule has 1 saturated carbocycles. The lowest BCUT2D eigenvalue weighted by atomic mass is 9.94. The maximum absolute atomic E-state index is 14.5. The zero-order valence-electron chi connectivity index (χ0n) is 8.20. The summed E-state index contributed by atoms with van der Waals surface area (Å²) in [6.45, 7) is 0.853. The molecule has 0 radical (unpaired) electrons. The van der Waals surface area contributed by atoms with Crippen LogP contribution in [0.15, 0.2) is 0 Å². The number of hydrogen-bond donors (Lipinski definition) is 1. The quantitative estimate of drug-likeness (QED) is 0.562. The zero-order chi connectivity index (χ0) is 10.2. The number of halogens is 1. The Morgan fingerprint density at radius 2 is 2.43 bits per heavy atom. The number of nitrogens with one attached hydrogen (secondary N) is 1. The van der Waals surface area contributed by atoms with Gasteiger partial charge in [-0.3, -0.25) is 9.52 Å². The van der Waals surface area contributed by atoms with Gasteiger partial charge >= 0.3 is 0 Å². The Kier molecular flexibility index (Phi) is 2.70. The average molecular weight is 218 g/mol. The highest BCUT2D eigenvalue weighted by Crippen LogP contribution is 2.44. The van der Waals surface area contributed by atoms with Gasteiger partial charge in [-0.2, -0.15) is 0 Å². The minimum absolute atomic E-state index is 0.0392. The van der Waals surface area contributed by atoms with Gasteiger partial charge in [0.25, 0.3) is 0 Å². The third-order valence-corrected chi connectivity index (χ3v) is 3.89. The predicted octanol–water partition coefficient (Wildman–Crippen LogP) is 0.813. The van der Waals surface area contributed by atoms with Crippen molar-refractivity contribution in [2.75, 3.05) is 19.3 Å². The molecule has 1 aliphatic carbocycles. The van der Waals surface area contributed by atoms with Crippen molar-refractivity contribution in [2.45, 2.75) is 24.6 Å². The van der Waals surface area contributed by atoms with E-state index in [0.717, 1.165) is 19.3 Å². The summed E-state index contributed by atoms with van der Waals surface area (Å²) in [7, 11) is 0. The molecule has 0 aromatic heterocycles. The molecule has 1 amide bonds. The van der Waals surface area contributed by atoms with Gasteiger partial charge < -0.3 is 4.90 Å². The van der Waals surface area contributed by atoms with Crippen LogP contribution in [-0.2, 0) is 4.79 Å². The standard InChI is InChI=1S/C9H15FN2OS/c1-14-11-8-3-2-7-4-12(6-13)5-9(7,8)10/h6-8,11H,2-5H2,1H3. The second kappa shape index (κ2) is 3.70. The second-order valence-corrected chi connectivity index (χ2v) is 4.75. The number of nitrogens with zero attached hydrogens (tertiary/aromatic N) is 1. The van der Waals surface area contributed by atoms with Crippen molar-refractivity contribution in [2.24, 2.45) is 5.92 Å². The van der Waals surface area contributed by atoms with Crippen LogP contribution in [-0.4, -0.2) is 42.4 Å². The predicted molar refractivity (Wildman–Crippen MR) is 54.6 cm³/mol. The van der Waals surface area contributed by atoms with E-state index in [0.29, 0.717) is 6.54 Å². The molecule has 1 aliphatic heterocycles. The summed E-state index contributed by atoms with van der Waals surface area (Å²) >= 11 is 1.46. The van der Waals surface area contributed by atoms with Gasteiger partial charge in [-0.1, -0.05) is 11.9 Å². The minimum atomic E-state index is -1.19. The van der Waals surface area contributed by atoms with Gasteiger partial charge in [-0.25, -0.2) is 4.39 Å². The first-order chi connectivity index (χ1) is 6.70. The molecule has 3 atom stereocenters. The first-order valence-electron chi connectivity index (χ1n) is 4.87. The highest BCUT2D eigenvalue weighted by molar-refractivity contribution is 7.96. The van der Waals surface area contributed by atoms with Gasteiger partial charge in [0.05, 0.1) is 12.6 Å². The molecular weight excluding hydrogens is 203 g/mol. The lowest BCUT2D eigenvalue weighted by molar-refractivity contribution is -0.117. The maximum atomic E-state index is 14.5. The number of fused-ring (bicyclic) bond motifs is 1. The summed E-state index contributed by atoms with van der Waals surface area (Å²) in [6, 6.07) is -0.0903. The van der Waals surface area contributed by atoms with E-state index in [9.17, 15) is 9.18 Å². The number of carbonyl (C=O) groups excluding carboxylic acids is 1. The van der Waals surface area contributed by atoms with Crippen molar-refractivity contribution >= 4 is 18.4 Å². The lowest BCUT2D eigenvalue weighted by Crippen LogP contribution is -2.45. The SMILES string of the molecule is CSNC1CCC2CN(C=O)CC21F. The number of amides is 1. The second-order valence-electron chi connectivity index (χ2n) is 4.11. The van der Waals surface area contributed by atoms with E-state index >= 15 is 0 Å². The molecule has 0 aromatic carbocycles. The Bertz CT molecular complexity index is 239. The Morgan fingerprint density at radius 3 is 3.07 bits per heavy atom. The molecule has 5 heteroatoms. The fraction of sp³-hybridized carbons (Fsp3) is 0.889. The van der Waals surface area contributed by atoms with E-state index < -0.39 is 5.67 Å². The molecule has 3 unspecified atom stereocenters. The van der Waals surface area contributed by atoms with E-state index in [1.807, 2.05) is 6.26 Å². The third-order valence-electron chi connectivity index (χ3n) is 3.37. The molecule has 2 rings (SSSR count). The zero-order valence-corrected chi connectivity index (χ0v) is 9.02. The normalized spacial score (nSPS) is 41.4. The molecule has 3 nitrogen and oxygen atoms in total. The molecule has 2 aliphatic rings. The van der Waals surface area contributed by atoms with E-state index in [1.165, 1.54) is 11.9 Å². The average Bonchev–Trinajstić information content (AvgIpc) is 2.63. The van der Waals surface area contributed by atoms with Crippen LogP contribution in [0.4, 0.5) is 4.39 Å². The van der Waals surface area contributed by atoms with Gasteiger partial charge in [-0.15, -0.1) is 0 Å². The van der Waals surface area contributed by atoms with E-state index in [1.54, 1.807) is 4.90 Å². The lowest BCUT2D eigenvalue weighted by Gasteiger charge is -2.26. The van der Waals surface area contributed by atoms with Crippen molar-refractivity contribution in [3.63, 3.8) is 0 Å². The van der Waals surface area contributed by atoms with Crippen LogP contribution in [0.1, 0.15) is 12.8 Å². The number of likely N-dealkylation sites (tertiary alicyclic amines) is 1. The van der Waals surface area contributed by atoms with Crippen LogP contribution in [0.3, 0.4) is 0 Å². The molecule has 0 spiro atoms. The van der Waals surface area contributed by atoms with E-state index in [2.05, 4.69) is 4.72 Å². The van der Waals surface area contributed by atoms with Gasteiger partial charge in [0.1, 0.15) is 5.67 Å². The van der Waals surface area contributed by atoms with Crippen LogP contribution in [0.2, 0.25) is 0 Å². The molecule has 2 fully saturated rings. The summed E-state index contributed by atoms with van der Waals surface area (Å²) in [5.74, 6) is 0.0392. The summed E-state index contributed by atoms with van der Waals surface area (Å²) in [4.78, 5) is 12.1. The largest absolute Gasteiger partial charge is 0.342 e. The van der Waals surface area contributed by atoms with Crippen LogP contribution < -0.4 is 4.72 Å². The Balaban J connectivity index is 2.09. The van der Waals surface area contributed by atoms with Crippen molar-refractivity contribution in [3.8, 4) is 0 Å². The Morgan fingerprint density at radius 1 is 1.64 bits per heavy atom. The van der Waals surface area contributed by atoms with E-state index in [4.69, 9.17) is 0 Å². The fourth-order valence-corrected chi connectivity index (χ4v) is 3.25. The summed E-state index contributed by atoms with van der Waals surface area (Å²) in [6.07, 6.45) is 4.44. The molecule has 0 bridgehead atoms. The number of rotatable bonds is 3. The monoisotopic (exact) mass is 218 g/mol. The number of carbonyl (C=O) groups is 1. The van der Waals surface area contributed by atoms with Crippen LogP contribution in [0.25, 0.3) is 0 Å². The highest BCUT2D eigenvalue weighted by Gasteiger charge is 2.56. The summed E-state index contributed by atoms with van der Waals surface area (Å²) in [5.41, 5.74) is -1.19. The number of hydrogen-bond acceptors (Lipinski definition) is 3. The highest BCUT2D eigenvalue weighted by atomic mass is 32.2. The molecule has 0 aromatic rings. The van der Waals surface area contributed by atoms with Crippen LogP contribution in [0, 0.1) is 5.92 Å². The van der Waals surface area contributed by atoms with Crippen molar-refractivity contribution in [3.05, 3.63) is 0 Å². The molecular formula is C9H15FN2OS. The fourth-order valence-electron chi connectivity index (χ4n) is 2.65. The smallest absolute Gasteiger partial charge is 0.209 e. The van der Waals surface area contributed by atoms with Gasteiger partial charge in [0, 0.05) is 12.5 Å². The van der Waals surface area contributed by atoms with E-state index in [-0.39, 0.29) is 18.5 Å². The van der Waals surface area contributed by atoms with Gasteiger partial charge in [0.2, 0.25) is 6.41 Å². The van der Waals surface area contributed by atoms with Crippen LogP contribution >= 0.6 is 11.9 Å². The molecule has 1 saturated heterocycles. The molecule has 1 heterocycles. The summed E-state index contributed by atoms with van der Waals surface area (Å²) in [5, 5.41) is 0. The number of alkyl halides is 1. The maximum Gasteiger partial charge on any atom is 0.209 e. The molecule has 1 N–H and O–H groups in total. The van der Waals surface area contributed by atoms with Gasteiger partial charge in [0.15, 0.2) is 0 Å². The first kappa shape index (κ1) is 10.2. The minimum Gasteiger partial charge on any atom is -0.342 e. The van der Waals surface area contributed by atoms with Gasteiger partial charge in [-0.05, 0) is 19.1 Å². The van der Waals surface area contributed by atoms with Crippen molar-refractivity contribution in [1.29, 1.82) is 0 Å². The third kappa shape index (κ3) is 1.42. The van der Waals surface area contributed by atoms with Crippen molar-refractivity contribution < 1.29 is 9.18 Å². The first-order valence-corrected chi connectivity index (χ1v) is 6.10.